The van der Waals surface area contributed by atoms with Gasteiger partial charge in [-0.3, -0.25) is 4.79 Å². The summed E-state index contributed by atoms with van der Waals surface area (Å²) in [6, 6.07) is 4.48. The number of amides is 1. The lowest BCUT2D eigenvalue weighted by Gasteiger charge is -2.13. The van der Waals surface area contributed by atoms with Crippen LogP contribution in [0.3, 0.4) is 0 Å². The number of carbonyl (C=O) groups excluding carboxylic acids is 1. The fraction of sp³-hybridized carbons (Fsp3) is 0.214. The average molecular weight is 305 g/mol. The van der Waals surface area contributed by atoms with Crippen LogP contribution in [0.2, 0.25) is 0 Å². The fourth-order valence-corrected chi connectivity index (χ4v) is 1.84. The molecule has 0 aliphatic rings. The zero-order valence-corrected chi connectivity index (χ0v) is 12.3. The molecule has 0 fully saturated rings. The number of nitrogens with zero attached hydrogens (tertiary/aromatic N) is 1. The highest BCUT2D eigenvalue weighted by molar-refractivity contribution is 6.04. The summed E-state index contributed by atoms with van der Waals surface area (Å²) in [4.78, 5) is 29.4. The van der Waals surface area contributed by atoms with Crippen LogP contribution >= 0.6 is 0 Å². The van der Waals surface area contributed by atoms with Gasteiger partial charge >= 0.3 is 5.69 Å². The van der Waals surface area contributed by atoms with Crippen LogP contribution in [0.1, 0.15) is 10.4 Å². The highest BCUT2D eigenvalue weighted by atomic mass is 16.5. The molecule has 0 saturated carbocycles. The molecule has 116 valence electrons. The Hall–Kier alpha value is -3.03. The molecule has 0 aliphatic carbocycles. The minimum absolute atomic E-state index is 0.141. The standard InChI is InChI=1S/C14H15N3O5/c1-20-9-6-8(7-10(21-2)12(9)22-3)13(18)16-11-4-5-15-14(19)17-11/h4-7H,1-3H3,(H2,15,16,17,18,19). The van der Waals surface area contributed by atoms with Gasteiger partial charge in [0.15, 0.2) is 11.5 Å². The Morgan fingerprint density at radius 2 is 1.77 bits per heavy atom. The van der Waals surface area contributed by atoms with Crippen LogP contribution in [0.25, 0.3) is 0 Å². The first-order valence-electron chi connectivity index (χ1n) is 6.26. The molecular formula is C14H15N3O5. The summed E-state index contributed by atoms with van der Waals surface area (Å²) in [5.41, 5.74) is -0.278. The maximum absolute atomic E-state index is 12.2. The van der Waals surface area contributed by atoms with Gasteiger partial charge in [-0.2, -0.15) is 4.98 Å². The van der Waals surface area contributed by atoms with Gasteiger partial charge in [-0.25, -0.2) is 4.79 Å². The third-order valence-electron chi connectivity index (χ3n) is 2.84. The molecular weight excluding hydrogens is 290 g/mol. The molecule has 8 nitrogen and oxygen atoms in total. The maximum atomic E-state index is 12.2. The number of H-pyrrole nitrogens is 1. The lowest BCUT2D eigenvalue weighted by atomic mass is 10.1. The highest BCUT2D eigenvalue weighted by Gasteiger charge is 2.17. The van der Waals surface area contributed by atoms with Crippen LogP contribution in [-0.4, -0.2) is 37.2 Å². The number of hydrogen-bond acceptors (Lipinski definition) is 6. The average Bonchev–Trinajstić information content (AvgIpc) is 2.53. The molecule has 0 unspecified atom stereocenters. The topological polar surface area (TPSA) is 103 Å². The molecule has 1 amide bonds. The van der Waals surface area contributed by atoms with Gasteiger partial charge in [0.1, 0.15) is 5.82 Å². The van der Waals surface area contributed by atoms with Crippen molar-refractivity contribution < 1.29 is 19.0 Å². The van der Waals surface area contributed by atoms with E-state index in [1.807, 2.05) is 0 Å². The van der Waals surface area contributed by atoms with Crippen molar-refractivity contribution in [3.63, 3.8) is 0 Å². The molecule has 22 heavy (non-hydrogen) atoms. The van der Waals surface area contributed by atoms with Crippen molar-refractivity contribution in [3.8, 4) is 17.2 Å². The van der Waals surface area contributed by atoms with Gasteiger partial charge in [-0.1, -0.05) is 0 Å². The molecule has 1 aromatic heterocycles. The van der Waals surface area contributed by atoms with E-state index in [-0.39, 0.29) is 11.4 Å². The van der Waals surface area contributed by atoms with Crippen molar-refractivity contribution in [2.75, 3.05) is 26.6 Å². The van der Waals surface area contributed by atoms with E-state index in [9.17, 15) is 9.59 Å². The van der Waals surface area contributed by atoms with E-state index < -0.39 is 11.6 Å². The quantitative estimate of drug-likeness (QED) is 0.856. The Labute approximate surface area is 126 Å². The molecule has 0 atom stereocenters. The Kier molecular flexibility index (Phi) is 4.62. The Morgan fingerprint density at radius 1 is 1.14 bits per heavy atom. The van der Waals surface area contributed by atoms with Gasteiger partial charge in [0.2, 0.25) is 5.75 Å². The van der Waals surface area contributed by atoms with Gasteiger partial charge in [-0.15, -0.1) is 0 Å². The second-order valence-corrected chi connectivity index (χ2v) is 4.15. The zero-order chi connectivity index (χ0) is 16.1. The first-order chi connectivity index (χ1) is 10.6. The normalized spacial score (nSPS) is 9.95. The Balaban J connectivity index is 2.35. The number of aromatic nitrogens is 2. The monoisotopic (exact) mass is 305 g/mol. The van der Waals surface area contributed by atoms with E-state index in [0.29, 0.717) is 17.2 Å². The molecule has 1 aromatic carbocycles. The number of nitrogens with one attached hydrogen (secondary N) is 2. The SMILES string of the molecule is COc1cc(C(=O)Nc2cc[nH]c(=O)n2)cc(OC)c1OC. The number of carbonyl (C=O) groups is 1. The van der Waals surface area contributed by atoms with Crippen molar-refractivity contribution in [1.29, 1.82) is 0 Å². The number of anilines is 1. The second kappa shape index (κ2) is 6.61. The molecule has 1 heterocycles. The van der Waals surface area contributed by atoms with E-state index in [1.165, 1.54) is 45.7 Å². The largest absolute Gasteiger partial charge is 0.493 e. The van der Waals surface area contributed by atoms with Crippen molar-refractivity contribution in [2.24, 2.45) is 0 Å². The van der Waals surface area contributed by atoms with Gasteiger partial charge in [0.25, 0.3) is 5.91 Å². The number of methoxy groups -OCH3 is 3. The summed E-state index contributed by atoms with van der Waals surface area (Å²) < 4.78 is 15.6. The van der Waals surface area contributed by atoms with Gasteiger partial charge in [0.05, 0.1) is 21.3 Å². The number of rotatable bonds is 5. The smallest absolute Gasteiger partial charge is 0.346 e. The number of aromatic amines is 1. The van der Waals surface area contributed by atoms with E-state index >= 15 is 0 Å². The van der Waals surface area contributed by atoms with Gasteiger partial charge in [0, 0.05) is 11.8 Å². The fourth-order valence-electron chi connectivity index (χ4n) is 1.84. The minimum Gasteiger partial charge on any atom is -0.493 e. The molecule has 2 aromatic rings. The summed E-state index contributed by atoms with van der Waals surface area (Å²) in [6.45, 7) is 0. The molecule has 2 N–H and O–H groups in total. The lowest BCUT2D eigenvalue weighted by Crippen LogP contribution is -2.17. The molecule has 2 rings (SSSR count). The van der Waals surface area contributed by atoms with Crippen LogP contribution in [0.5, 0.6) is 17.2 Å². The predicted molar refractivity (Wildman–Crippen MR) is 78.9 cm³/mol. The predicted octanol–water partition coefficient (Wildman–Crippen LogP) is 1.05. The number of benzene rings is 1. The third-order valence-corrected chi connectivity index (χ3v) is 2.84. The van der Waals surface area contributed by atoms with E-state index in [4.69, 9.17) is 14.2 Å². The Morgan fingerprint density at radius 3 is 2.27 bits per heavy atom. The first kappa shape index (κ1) is 15.4. The van der Waals surface area contributed by atoms with Crippen LogP contribution in [0.15, 0.2) is 29.2 Å². The summed E-state index contributed by atoms with van der Waals surface area (Å²) in [7, 11) is 4.38. The maximum Gasteiger partial charge on any atom is 0.346 e. The minimum atomic E-state index is -0.553. The van der Waals surface area contributed by atoms with Crippen molar-refractivity contribution in [2.45, 2.75) is 0 Å². The first-order valence-corrected chi connectivity index (χ1v) is 6.26. The summed E-state index contributed by atoms with van der Waals surface area (Å²) in [5.74, 6) is 0.771. The van der Waals surface area contributed by atoms with E-state index in [0.717, 1.165) is 0 Å². The number of hydrogen-bond donors (Lipinski definition) is 2. The van der Waals surface area contributed by atoms with Crippen LogP contribution in [-0.2, 0) is 0 Å². The van der Waals surface area contributed by atoms with Gasteiger partial charge in [-0.05, 0) is 18.2 Å². The van der Waals surface area contributed by atoms with Crippen molar-refractivity contribution in [3.05, 3.63) is 40.4 Å². The van der Waals surface area contributed by atoms with Crippen LogP contribution in [0.4, 0.5) is 5.82 Å². The van der Waals surface area contributed by atoms with Crippen molar-refractivity contribution in [1.82, 2.24) is 9.97 Å². The molecule has 0 bridgehead atoms. The summed E-state index contributed by atoms with van der Waals surface area (Å²) >= 11 is 0. The molecule has 8 heteroatoms. The van der Waals surface area contributed by atoms with Crippen LogP contribution in [0, 0.1) is 0 Å². The third kappa shape index (κ3) is 3.17. The molecule has 0 aliphatic heterocycles. The highest BCUT2D eigenvalue weighted by Crippen LogP contribution is 2.38. The molecule has 0 radical (unpaired) electrons. The van der Waals surface area contributed by atoms with Crippen molar-refractivity contribution >= 4 is 11.7 Å². The van der Waals surface area contributed by atoms with E-state index in [2.05, 4.69) is 15.3 Å². The lowest BCUT2D eigenvalue weighted by molar-refractivity contribution is 0.102. The molecule has 0 spiro atoms. The zero-order valence-electron chi connectivity index (χ0n) is 12.3. The summed E-state index contributed by atoms with van der Waals surface area (Å²) in [5, 5.41) is 2.52. The van der Waals surface area contributed by atoms with Crippen LogP contribution < -0.4 is 25.2 Å². The van der Waals surface area contributed by atoms with Gasteiger partial charge < -0.3 is 24.5 Å². The van der Waals surface area contributed by atoms with E-state index in [1.54, 1.807) is 0 Å². The Bertz CT molecular complexity index is 716. The number of ether oxygens (including phenoxy) is 3. The second-order valence-electron chi connectivity index (χ2n) is 4.15. The summed E-state index contributed by atoms with van der Waals surface area (Å²) in [6.07, 6.45) is 1.39. The molecule has 0 saturated heterocycles.